The maximum absolute atomic E-state index is 12.5. The third-order valence-corrected chi connectivity index (χ3v) is 8.51. The summed E-state index contributed by atoms with van der Waals surface area (Å²) in [6.07, 6.45) is 6.54. The molecule has 3 aliphatic rings. The van der Waals surface area contributed by atoms with Gasteiger partial charge in [-0.2, -0.15) is 15.1 Å². The summed E-state index contributed by atoms with van der Waals surface area (Å²) >= 11 is 0. The Morgan fingerprint density at radius 3 is 2.33 bits per heavy atom. The van der Waals surface area contributed by atoms with Gasteiger partial charge in [0.05, 0.1) is 12.2 Å². The van der Waals surface area contributed by atoms with Gasteiger partial charge in [-0.15, -0.1) is 0 Å². The number of anilines is 3. The molecular formula is C31H43N9O2. The second-order valence-electron chi connectivity index (χ2n) is 12.8. The van der Waals surface area contributed by atoms with E-state index < -0.39 is 5.60 Å². The van der Waals surface area contributed by atoms with Gasteiger partial charge in [0, 0.05) is 70.2 Å². The number of fused-ring (bicyclic) bond motifs is 1. The fraction of sp³-hybridized carbons (Fsp3) is 0.548. The van der Waals surface area contributed by atoms with Crippen LogP contribution in [0.4, 0.5) is 22.4 Å². The normalized spacial score (nSPS) is 18.7. The van der Waals surface area contributed by atoms with Gasteiger partial charge in [0.1, 0.15) is 17.2 Å². The van der Waals surface area contributed by atoms with E-state index in [9.17, 15) is 4.79 Å². The summed E-state index contributed by atoms with van der Waals surface area (Å²) in [5, 5.41) is 4.72. The van der Waals surface area contributed by atoms with Crippen LogP contribution in [0.25, 0.3) is 11.1 Å². The molecule has 3 aliphatic heterocycles. The summed E-state index contributed by atoms with van der Waals surface area (Å²) in [4.78, 5) is 30.4. The molecule has 0 aliphatic carbocycles. The molecule has 224 valence electrons. The number of nitrogens with two attached hydrogens (primary N) is 1. The Morgan fingerprint density at radius 2 is 1.62 bits per heavy atom. The number of rotatable bonds is 4. The van der Waals surface area contributed by atoms with Crippen LogP contribution in [-0.4, -0.2) is 94.1 Å². The van der Waals surface area contributed by atoms with E-state index in [2.05, 4.69) is 66.9 Å². The van der Waals surface area contributed by atoms with Crippen molar-refractivity contribution in [3.05, 3.63) is 47.8 Å². The van der Waals surface area contributed by atoms with Crippen molar-refractivity contribution < 1.29 is 9.53 Å². The SMILES string of the molecule is CN1CCN(c2cc(N3CCc4ccc(-c5cnn(C6CCN(C(=O)OC(C)(C)C)CC6)c5)cc4C3)nc(N)n2)CC1. The third kappa shape index (κ3) is 6.30. The maximum atomic E-state index is 12.5. The molecule has 0 atom stereocenters. The van der Waals surface area contributed by atoms with Gasteiger partial charge in [-0.3, -0.25) is 4.68 Å². The van der Waals surface area contributed by atoms with Crippen LogP contribution in [0.1, 0.15) is 50.8 Å². The van der Waals surface area contributed by atoms with Crippen molar-refractivity contribution in [2.45, 2.75) is 58.2 Å². The Balaban J connectivity index is 1.12. The average Bonchev–Trinajstić information content (AvgIpc) is 3.46. The van der Waals surface area contributed by atoms with Crippen LogP contribution in [0.3, 0.4) is 0 Å². The number of piperidine rings is 1. The molecule has 0 bridgehead atoms. The number of carbonyl (C=O) groups excluding carboxylic acids is 1. The van der Waals surface area contributed by atoms with Gasteiger partial charge in [-0.25, -0.2) is 4.79 Å². The molecular weight excluding hydrogens is 530 g/mol. The highest BCUT2D eigenvalue weighted by Crippen LogP contribution is 2.31. The Bertz CT molecular complexity index is 1420. The zero-order valence-electron chi connectivity index (χ0n) is 25.3. The molecule has 2 N–H and O–H groups in total. The molecule has 1 aromatic carbocycles. The van der Waals surface area contributed by atoms with Gasteiger partial charge in [0.25, 0.3) is 0 Å². The first-order valence-corrected chi connectivity index (χ1v) is 15.1. The highest BCUT2D eigenvalue weighted by molar-refractivity contribution is 5.68. The fourth-order valence-corrected chi connectivity index (χ4v) is 6.06. The summed E-state index contributed by atoms with van der Waals surface area (Å²) in [5.41, 5.74) is 10.6. The van der Waals surface area contributed by atoms with Gasteiger partial charge in [-0.05, 0) is 69.8 Å². The van der Waals surface area contributed by atoms with Crippen molar-refractivity contribution in [2.24, 2.45) is 0 Å². The third-order valence-electron chi connectivity index (χ3n) is 8.51. The van der Waals surface area contributed by atoms with E-state index in [1.54, 1.807) is 4.90 Å². The van der Waals surface area contributed by atoms with Crippen LogP contribution < -0.4 is 15.5 Å². The summed E-state index contributed by atoms with van der Waals surface area (Å²) in [6.45, 7) is 12.6. The van der Waals surface area contributed by atoms with Crippen LogP contribution in [0, 0.1) is 0 Å². The number of likely N-dealkylation sites (tertiary alicyclic amines) is 1. The molecule has 1 amide bonds. The van der Waals surface area contributed by atoms with Crippen molar-refractivity contribution in [3.63, 3.8) is 0 Å². The molecule has 11 heteroatoms. The van der Waals surface area contributed by atoms with Crippen LogP contribution in [0.2, 0.25) is 0 Å². The van der Waals surface area contributed by atoms with Gasteiger partial charge < -0.3 is 30.1 Å². The van der Waals surface area contributed by atoms with E-state index in [-0.39, 0.29) is 12.1 Å². The molecule has 42 heavy (non-hydrogen) atoms. The van der Waals surface area contributed by atoms with Crippen molar-refractivity contribution in [1.29, 1.82) is 0 Å². The molecule has 0 spiro atoms. The maximum Gasteiger partial charge on any atom is 0.410 e. The van der Waals surface area contributed by atoms with Crippen LogP contribution in [0.5, 0.6) is 0 Å². The Kier molecular flexibility index (Phi) is 7.69. The lowest BCUT2D eigenvalue weighted by Gasteiger charge is -2.34. The molecule has 2 aromatic heterocycles. The van der Waals surface area contributed by atoms with E-state index >= 15 is 0 Å². The minimum atomic E-state index is -0.480. The number of carbonyl (C=O) groups is 1. The van der Waals surface area contributed by atoms with E-state index in [0.717, 1.165) is 81.3 Å². The van der Waals surface area contributed by atoms with Crippen molar-refractivity contribution in [2.75, 3.05) is 68.4 Å². The standard InChI is InChI=1S/C31H43N9O2/c1-31(2,3)42-30(41)38-11-8-26(9-12-38)40-21-25(19-33-40)23-6-5-22-7-10-39(20-24(22)17-23)28-18-27(34-29(32)35-28)37-15-13-36(4)14-16-37/h5-6,17-19,21,26H,7-16,20H2,1-4H3,(H2,32,34,35). The Labute approximate surface area is 248 Å². The molecule has 2 fully saturated rings. The lowest BCUT2D eigenvalue weighted by atomic mass is 9.95. The number of nitrogens with zero attached hydrogens (tertiary/aromatic N) is 8. The zero-order valence-corrected chi connectivity index (χ0v) is 25.3. The van der Waals surface area contributed by atoms with Gasteiger partial charge in [-0.1, -0.05) is 12.1 Å². The molecule has 11 nitrogen and oxygen atoms in total. The molecule has 3 aromatic rings. The largest absolute Gasteiger partial charge is 0.444 e. The lowest BCUT2D eigenvalue weighted by Crippen LogP contribution is -2.45. The number of hydrogen-bond acceptors (Lipinski definition) is 9. The van der Waals surface area contributed by atoms with Gasteiger partial charge in [0.2, 0.25) is 5.95 Å². The van der Waals surface area contributed by atoms with Crippen LogP contribution >= 0.6 is 0 Å². The first-order chi connectivity index (χ1) is 20.1. The lowest BCUT2D eigenvalue weighted by molar-refractivity contribution is 0.0185. The number of amides is 1. The second-order valence-corrected chi connectivity index (χ2v) is 12.8. The number of piperazine rings is 1. The van der Waals surface area contributed by atoms with Crippen molar-refractivity contribution in [3.8, 4) is 11.1 Å². The molecule has 6 rings (SSSR count). The molecule has 2 saturated heterocycles. The smallest absolute Gasteiger partial charge is 0.410 e. The predicted octanol–water partition coefficient (Wildman–Crippen LogP) is 3.81. The van der Waals surface area contributed by atoms with Crippen LogP contribution in [0.15, 0.2) is 36.7 Å². The van der Waals surface area contributed by atoms with Crippen LogP contribution in [-0.2, 0) is 17.7 Å². The average molecular weight is 574 g/mol. The second kappa shape index (κ2) is 11.4. The van der Waals surface area contributed by atoms with Gasteiger partial charge in [0.15, 0.2) is 0 Å². The van der Waals surface area contributed by atoms with Crippen molar-refractivity contribution in [1.82, 2.24) is 29.5 Å². The first-order valence-electron chi connectivity index (χ1n) is 15.1. The number of hydrogen-bond donors (Lipinski definition) is 1. The predicted molar refractivity (Wildman–Crippen MR) is 165 cm³/mol. The summed E-state index contributed by atoms with van der Waals surface area (Å²) in [6, 6.07) is 9.11. The van der Waals surface area contributed by atoms with Crippen molar-refractivity contribution >= 4 is 23.7 Å². The minimum absolute atomic E-state index is 0.231. The summed E-state index contributed by atoms with van der Waals surface area (Å²) in [5.74, 6) is 2.12. The quantitative estimate of drug-likeness (QED) is 0.498. The Hall–Kier alpha value is -3.86. The summed E-state index contributed by atoms with van der Waals surface area (Å²) in [7, 11) is 2.15. The van der Waals surface area contributed by atoms with E-state index in [1.807, 2.05) is 27.0 Å². The minimum Gasteiger partial charge on any atom is -0.444 e. The zero-order chi connectivity index (χ0) is 29.4. The fourth-order valence-electron chi connectivity index (χ4n) is 6.06. The molecule has 0 unspecified atom stereocenters. The summed E-state index contributed by atoms with van der Waals surface area (Å²) < 4.78 is 7.61. The highest BCUT2D eigenvalue weighted by Gasteiger charge is 2.28. The first kappa shape index (κ1) is 28.3. The highest BCUT2D eigenvalue weighted by atomic mass is 16.6. The number of aromatic nitrogens is 4. The Morgan fingerprint density at radius 1 is 0.905 bits per heavy atom. The molecule has 5 heterocycles. The monoisotopic (exact) mass is 573 g/mol. The van der Waals surface area contributed by atoms with E-state index in [4.69, 9.17) is 15.6 Å². The number of likely N-dealkylation sites (N-methyl/N-ethyl adjacent to an activating group) is 1. The number of nitrogen functional groups attached to an aromatic ring is 1. The number of benzene rings is 1. The van der Waals surface area contributed by atoms with E-state index in [0.29, 0.717) is 19.0 Å². The molecule has 0 saturated carbocycles. The van der Waals surface area contributed by atoms with E-state index in [1.165, 1.54) is 11.1 Å². The van der Waals surface area contributed by atoms with Gasteiger partial charge >= 0.3 is 6.09 Å². The number of ether oxygens (including phenoxy) is 1. The topological polar surface area (TPSA) is 109 Å². The molecule has 0 radical (unpaired) electrons.